The molecule has 20 heavy (non-hydrogen) atoms. The summed E-state index contributed by atoms with van der Waals surface area (Å²) in [6.07, 6.45) is 0. The van der Waals surface area contributed by atoms with Gasteiger partial charge in [-0.2, -0.15) is 4.68 Å². The first-order valence-corrected chi connectivity index (χ1v) is 6.89. The van der Waals surface area contributed by atoms with Gasteiger partial charge in [0, 0.05) is 0 Å². The molecule has 0 unspecified atom stereocenters. The number of hydrogen-bond donors (Lipinski definition) is 0. The van der Waals surface area contributed by atoms with Crippen LogP contribution >= 0.6 is 11.3 Å². The lowest BCUT2D eigenvalue weighted by Gasteiger charge is -2.03. The van der Waals surface area contributed by atoms with Gasteiger partial charge in [-0.15, -0.1) is 16.4 Å². The van der Waals surface area contributed by atoms with Crippen molar-refractivity contribution in [3.63, 3.8) is 0 Å². The van der Waals surface area contributed by atoms with Crippen LogP contribution in [0.4, 0.5) is 0 Å². The smallest absolute Gasteiger partial charge is 0.437 e. The highest BCUT2D eigenvalue weighted by Crippen LogP contribution is 2.21. The average molecular weight is 288 g/mol. The van der Waals surface area contributed by atoms with E-state index in [9.17, 15) is 4.79 Å². The summed E-state index contributed by atoms with van der Waals surface area (Å²) < 4.78 is 11.6. The van der Waals surface area contributed by atoms with E-state index >= 15 is 0 Å². The van der Waals surface area contributed by atoms with Crippen molar-refractivity contribution < 1.29 is 9.15 Å². The summed E-state index contributed by atoms with van der Waals surface area (Å²) in [6.45, 7) is 0.352. The Labute approximate surface area is 119 Å². The Balaban J connectivity index is 1.89. The monoisotopic (exact) mass is 288 g/mol. The van der Waals surface area contributed by atoms with Crippen molar-refractivity contribution in [2.45, 2.75) is 6.54 Å². The quantitative estimate of drug-likeness (QED) is 0.740. The van der Waals surface area contributed by atoms with Crippen molar-refractivity contribution in [3.8, 4) is 16.5 Å². The van der Waals surface area contributed by atoms with E-state index in [0.29, 0.717) is 12.4 Å². The van der Waals surface area contributed by atoms with Crippen LogP contribution in [0.3, 0.4) is 0 Å². The molecule has 0 spiro atoms. The number of benzene rings is 1. The minimum atomic E-state index is -0.462. The van der Waals surface area contributed by atoms with Gasteiger partial charge in [0.1, 0.15) is 5.75 Å². The maximum absolute atomic E-state index is 11.8. The van der Waals surface area contributed by atoms with Gasteiger partial charge < -0.3 is 9.15 Å². The summed E-state index contributed by atoms with van der Waals surface area (Å²) >= 11 is 1.48. The zero-order chi connectivity index (χ0) is 13.9. The molecule has 0 atom stereocenters. The number of nitrogens with zero attached hydrogens (tertiary/aromatic N) is 2. The molecule has 0 saturated heterocycles. The summed E-state index contributed by atoms with van der Waals surface area (Å²) in [4.78, 5) is 12.6. The lowest BCUT2D eigenvalue weighted by atomic mass is 10.2. The van der Waals surface area contributed by atoms with Gasteiger partial charge in [-0.1, -0.05) is 18.2 Å². The van der Waals surface area contributed by atoms with Gasteiger partial charge in [-0.3, -0.25) is 0 Å². The minimum Gasteiger partial charge on any atom is -0.497 e. The molecule has 0 aliphatic rings. The van der Waals surface area contributed by atoms with Gasteiger partial charge in [-0.05, 0) is 29.1 Å². The van der Waals surface area contributed by atoms with E-state index < -0.39 is 5.76 Å². The Morgan fingerprint density at radius 1 is 1.35 bits per heavy atom. The zero-order valence-electron chi connectivity index (χ0n) is 10.8. The number of rotatable bonds is 4. The van der Waals surface area contributed by atoms with Gasteiger partial charge >= 0.3 is 5.76 Å². The predicted octanol–water partition coefficient (Wildman–Crippen LogP) is 2.62. The first kappa shape index (κ1) is 12.7. The first-order valence-electron chi connectivity index (χ1n) is 6.01. The minimum absolute atomic E-state index is 0.352. The van der Waals surface area contributed by atoms with E-state index in [1.54, 1.807) is 7.11 Å². The van der Waals surface area contributed by atoms with Crippen molar-refractivity contribution in [2.24, 2.45) is 0 Å². The van der Waals surface area contributed by atoms with Gasteiger partial charge in [0.15, 0.2) is 0 Å². The molecule has 0 saturated carbocycles. The lowest BCUT2D eigenvalue weighted by molar-refractivity contribution is 0.414. The number of methoxy groups -OCH3 is 1. The van der Waals surface area contributed by atoms with Gasteiger partial charge in [-0.25, -0.2) is 4.79 Å². The molecule has 0 radical (unpaired) electrons. The summed E-state index contributed by atoms with van der Waals surface area (Å²) in [5, 5.41) is 6.12. The second kappa shape index (κ2) is 5.34. The summed E-state index contributed by atoms with van der Waals surface area (Å²) in [6, 6.07) is 11.3. The van der Waals surface area contributed by atoms with Crippen LogP contribution in [0.1, 0.15) is 5.56 Å². The van der Waals surface area contributed by atoms with E-state index in [1.165, 1.54) is 16.0 Å². The van der Waals surface area contributed by atoms with Crippen molar-refractivity contribution in [3.05, 3.63) is 57.9 Å². The van der Waals surface area contributed by atoms with Crippen LogP contribution in [0.25, 0.3) is 10.8 Å². The molecule has 0 N–H and O–H groups in total. The molecule has 0 aliphatic heterocycles. The number of aromatic nitrogens is 2. The predicted molar refractivity (Wildman–Crippen MR) is 76.2 cm³/mol. The molecule has 1 aromatic carbocycles. The molecular formula is C14H12N2O3S. The van der Waals surface area contributed by atoms with Crippen molar-refractivity contribution in [1.82, 2.24) is 9.78 Å². The second-order valence-electron chi connectivity index (χ2n) is 4.16. The molecule has 0 bridgehead atoms. The molecule has 3 aromatic rings. The number of hydrogen-bond acceptors (Lipinski definition) is 5. The van der Waals surface area contributed by atoms with E-state index in [2.05, 4.69) is 5.10 Å². The number of thiophene rings is 1. The number of ether oxygens (including phenoxy) is 1. The third-order valence-corrected chi connectivity index (χ3v) is 3.66. The molecule has 3 rings (SSSR count). The molecule has 6 heteroatoms. The van der Waals surface area contributed by atoms with E-state index in [4.69, 9.17) is 9.15 Å². The Morgan fingerprint density at radius 3 is 3.00 bits per heavy atom. The fourth-order valence-corrected chi connectivity index (χ4v) is 2.49. The van der Waals surface area contributed by atoms with Crippen molar-refractivity contribution in [1.29, 1.82) is 0 Å². The summed E-state index contributed by atoms with van der Waals surface area (Å²) in [5.74, 6) is 0.640. The Morgan fingerprint density at radius 2 is 2.25 bits per heavy atom. The molecule has 0 fully saturated rings. The maximum Gasteiger partial charge on any atom is 0.437 e. The highest BCUT2D eigenvalue weighted by Gasteiger charge is 2.11. The summed E-state index contributed by atoms with van der Waals surface area (Å²) in [7, 11) is 1.61. The van der Waals surface area contributed by atoms with Gasteiger partial charge in [0.05, 0.1) is 18.5 Å². The highest BCUT2D eigenvalue weighted by molar-refractivity contribution is 7.13. The van der Waals surface area contributed by atoms with Crippen LogP contribution in [0.2, 0.25) is 0 Å². The largest absolute Gasteiger partial charge is 0.497 e. The molecule has 2 heterocycles. The fraction of sp³-hybridized carbons (Fsp3) is 0.143. The molecule has 0 amide bonds. The van der Waals surface area contributed by atoms with Gasteiger partial charge in [0.2, 0.25) is 0 Å². The van der Waals surface area contributed by atoms with Crippen LogP contribution in [0.15, 0.2) is 51.0 Å². The molecule has 0 aliphatic carbocycles. The van der Waals surface area contributed by atoms with E-state index in [1.807, 2.05) is 41.8 Å². The Bertz CT molecular complexity index is 759. The van der Waals surface area contributed by atoms with Crippen LogP contribution in [0.5, 0.6) is 5.75 Å². The van der Waals surface area contributed by atoms with Crippen LogP contribution in [0, 0.1) is 0 Å². The molecule has 2 aromatic heterocycles. The highest BCUT2D eigenvalue weighted by atomic mass is 32.1. The summed E-state index contributed by atoms with van der Waals surface area (Å²) in [5.41, 5.74) is 0.928. The Kier molecular flexibility index (Phi) is 3.39. The normalized spacial score (nSPS) is 10.7. The molecule has 5 nitrogen and oxygen atoms in total. The maximum atomic E-state index is 11.8. The standard InChI is InChI=1S/C14H12N2O3S/c1-18-11-5-2-4-10(8-11)9-16-14(17)19-13(15-16)12-6-3-7-20-12/h2-8H,9H2,1H3. The third-order valence-electron chi connectivity index (χ3n) is 2.80. The second-order valence-corrected chi connectivity index (χ2v) is 5.11. The SMILES string of the molecule is COc1cccc(Cn2nc(-c3cccs3)oc2=O)c1. The molecular weight excluding hydrogens is 276 g/mol. The average Bonchev–Trinajstić information content (AvgIpc) is 3.10. The van der Waals surface area contributed by atoms with Crippen LogP contribution in [-0.4, -0.2) is 16.9 Å². The van der Waals surface area contributed by atoms with E-state index in [0.717, 1.165) is 16.2 Å². The fourth-order valence-electron chi connectivity index (χ4n) is 1.85. The van der Waals surface area contributed by atoms with Crippen LogP contribution in [-0.2, 0) is 6.54 Å². The zero-order valence-corrected chi connectivity index (χ0v) is 11.6. The third kappa shape index (κ3) is 2.50. The van der Waals surface area contributed by atoms with Crippen molar-refractivity contribution >= 4 is 11.3 Å². The van der Waals surface area contributed by atoms with Crippen molar-refractivity contribution in [2.75, 3.05) is 7.11 Å². The van der Waals surface area contributed by atoms with E-state index in [-0.39, 0.29) is 0 Å². The van der Waals surface area contributed by atoms with Crippen LogP contribution < -0.4 is 10.5 Å². The lowest BCUT2D eigenvalue weighted by Crippen LogP contribution is -2.16. The van der Waals surface area contributed by atoms with Gasteiger partial charge in [0.25, 0.3) is 5.89 Å². The molecule has 102 valence electrons. The topological polar surface area (TPSA) is 57.3 Å². The Hall–Kier alpha value is -2.34. The first-order chi connectivity index (χ1) is 9.76.